The second kappa shape index (κ2) is 8.13. The van der Waals surface area contributed by atoms with E-state index in [2.05, 4.69) is 34.9 Å². The van der Waals surface area contributed by atoms with Crippen LogP contribution in [0.1, 0.15) is 43.2 Å². The number of nitrogens with zero attached hydrogens (tertiary/aromatic N) is 3. The van der Waals surface area contributed by atoms with Crippen LogP contribution in [-0.4, -0.2) is 58.4 Å². The van der Waals surface area contributed by atoms with Crippen molar-refractivity contribution in [3.05, 3.63) is 35.4 Å². The summed E-state index contributed by atoms with van der Waals surface area (Å²) in [6.07, 6.45) is 6.04. The molecular formula is C22H31N3O2. The highest BCUT2D eigenvalue weighted by atomic mass is 16.3. The second-order valence-electron chi connectivity index (χ2n) is 8.06. The van der Waals surface area contributed by atoms with E-state index in [1.807, 2.05) is 6.07 Å². The Morgan fingerprint density at radius 1 is 1.15 bits per heavy atom. The number of anilines is 1. The predicted octanol–water partition coefficient (Wildman–Crippen LogP) is 2.85. The van der Waals surface area contributed by atoms with Gasteiger partial charge in [0.1, 0.15) is 5.82 Å². The average molecular weight is 370 g/mol. The van der Waals surface area contributed by atoms with Gasteiger partial charge in [-0.3, -0.25) is 4.90 Å². The summed E-state index contributed by atoms with van der Waals surface area (Å²) < 4.78 is 0. The third-order valence-corrected chi connectivity index (χ3v) is 6.36. The molecule has 1 atom stereocenters. The van der Waals surface area contributed by atoms with E-state index in [-0.39, 0.29) is 13.2 Å². The maximum absolute atomic E-state index is 9.95. The van der Waals surface area contributed by atoms with Crippen LogP contribution in [0.15, 0.2) is 24.3 Å². The number of benzene rings is 1. The SMILES string of the molecule is Cc1cccc2cc(CO)c(N3CCN(C4CCCC4)[C@@H](CCO)C3)nc12. The molecule has 5 nitrogen and oxygen atoms in total. The molecular weight excluding hydrogens is 338 g/mol. The summed E-state index contributed by atoms with van der Waals surface area (Å²) in [7, 11) is 0. The molecule has 27 heavy (non-hydrogen) atoms. The summed E-state index contributed by atoms with van der Waals surface area (Å²) in [6, 6.07) is 9.29. The van der Waals surface area contributed by atoms with Gasteiger partial charge in [-0.2, -0.15) is 0 Å². The number of aryl methyl sites for hydroxylation is 1. The van der Waals surface area contributed by atoms with Gasteiger partial charge in [-0.25, -0.2) is 4.98 Å². The van der Waals surface area contributed by atoms with Gasteiger partial charge in [0.25, 0.3) is 0 Å². The molecule has 0 bridgehead atoms. The molecule has 2 aliphatic rings. The largest absolute Gasteiger partial charge is 0.396 e. The van der Waals surface area contributed by atoms with Crippen LogP contribution in [0.25, 0.3) is 10.9 Å². The lowest BCUT2D eigenvalue weighted by atomic mass is 10.0. The van der Waals surface area contributed by atoms with Gasteiger partial charge in [0.15, 0.2) is 0 Å². The first-order valence-corrected chi connectivity index (χ1v) is 10.3. The lowest BCUT2D eigenvalue weighted by molar-refractivity contribution is 0.0980. The number of rotatable bonds is 5. The molecule has 1 aromatic heterocycles. The molecule has 0 unspecified atom stereocenters. The maximum Gasteiger partial charge on any atom is 0.134 e. The molecule has 4 rings (SSSR count). The molecule has 2 heterocycles. The fourth-order valence-electron chi connectivity index (χ4n) is 4.96. The highest BCUT2D eigenvalue weighted by Crippen LogP contribution is 2.31. The van der Waals surface area contributed by atoms with Crippen LogP contribution >= 0.6 is 0 Å². The van der Waals surface area contributed by atoms with Gasteiger partial charge >= 0.3 is 0 Å². The first kappa shape index (κ1) is 18.7. The molecule has 146 valence electrons. The van der Waals surface area contributed by atoms with Crippen LogP contribution in [-0.2, 0) is 6.61 Å². The summed E-state index contributed by atoms with van der Waals surface area (Å²) in [5.74, 6) is 0.910. The Hall–Kier alpha value is -1.69. The number of hydrogen-bond acceptors (Lipinski definition) is 5. The van der Waals surface area contributed by atoms with E-state index in [0.717, 1.165) is 53.9 Å². The monoisotopic (exact) mass is 369 g/mol. The molecule has 1 saturated carbocycles. The van der Waals surface area contributed by atoms with Gasteiger partial charge in [-0.05, 0) is 37.8 Å². The Morgan fingerprint density at radius 3 is 2.70 bits per heavy atom. The standard InChI is InChI=1S/C22H31N3O2/c1-16-5-4-6-17-13-18(15-27)22(23-21(16)17)24-10-11-25(19-7-2-3-8-19)20(14-24)9-12-26/h4-6,13,19-20,26-27H,2-3,7-12,14-15H2,1H3/t20-/m0/s1. The number of aromatic nitrogens is 1. The molecule has 0 spiro atoms. The highest BCUT2D eigenvalue weighted by molar-refractivity contribution is 5.84. The Morgan fingerprint density at radius 2 is 1.96 bits per heavy atom. The lowest BCUT2D eigenvalue weighted by Gasteiger charge is -2.45. The van der Waals surface area contributed by atoms with Gasteiger partial charge in [0, 0.05) is 49.3 Å². The summed E-state index contributed by atoms with van der Waals surface area (Å²) in [5.41, 5.74) is 3.07. The summed E-state index contributed by atoms with van der Waals surface area (Å²) >= 11 is 0. The van der Waals surface area contributed by atoms with Gasteiger partial charge in [0.2, 0.25) is 0 Å². The van der Waals surface area contributed by atoms with E-state index in [0.29, 0.717) is 12.1 Å². The smallest absolute Gasteiger partial charge is 0.134 e. The molecule has 1 aromatic carbocycles. The van der Waals surface area contributed by atoms with Gasteiger partial charge in [-0.15, -0.1) is 0 Å². The van der Waals surface area contributed by atoms with Gasteiger partial charge in [0.05, 0.1) is 12.1 Å². The molecule has 1 aliphatic heterocycles. The minimum Gasteiger partial charge on any atom is -0.396 e. The Balaban J connectivity index is 1.63. The molecule has 0 amide bonds. The minimum atomic E-state index is -0.000277. The van der Waals surface area contributed by atoms with Crippen molar-refractivity contribution in [3.63, 3.8) is 0 Å². The van der Waals surface area contributed by atoms with Crippen molar-refractivity contribution in [1.82, 2.24) is 9.88 Å². The van der Waals surface area contributed by atoms with E-state index < -0.39 is 0 Å². The van der Waals surface area contributed by atoms with Crippen LogP contribution in [0.5, 0.6) is 0 Å². The zero-order chi connectivity index (χ0) is 18.8. The Bertz CT molecular complexity index is 788. The zero-order valence-corrected chi connectivity index (χ0v) is 16.3. The predicted molar refractivity (Wildman–Crippen MR) is 109 cm³/mol. The van der Waals surface area contributed by atoms with Crippen molar-refractivity contribution in [2.45, 2.75) is 57.7 Å². The van der Waals surface area contributed by atoms with Crippen molar-refractivity contribution in [2.75, 3.05) is 31.1 Å². The first-order chi connectivity index (χ1) is 13.2. The van der Waals surface area contributed by atoms with Crippen molar-refractivity contribution < 1.29 is 10.2 Å². The molecule has 1 saturated heterocycles. The summed E-state index contributed by atoms with van der Waals surface area (Å²) in [4.78, 5) is 9.92. The summed E-state index contributed by atoms with van der Waals surface area (Å²) in [5, 5.41) is 20.7. The van der Waals surface area contributed by atoms with Gasteiger partial charge in [-0.1, -0.05) is 31.0 Å². The van der Waals surface area contributed by atoms with Crippen LogP contribution in [0.4, 0.5) is 5.82 Å². The molecule has 0 radical (unpaired) electrons. The number of piperazine rings is 1. The third-order valence-electron chi connectivity index (χ3n) is 6.36. The summed E-state index contributed by atoms with van der Waals surface area (Å²) in [6.45, 7) is 5.11. The second-order valence-corrected chi connectivity index (χ2v) is 8.06. The van der Waals surface area contributed by atoms with E-state index in [1.54, 1.807) is 0 Å². The van der Waals surface area contributed by atoms with Crippen molar-refractivity contribution in [1.29, 1.82) is 0 Å². The van der Waals surface area contributed by atoms with Crippen LogP contribution in [0, 0.1) is 6.92 Å². The number of para-hydroxylation sites is 1. The molecule has 1 aliphatic carbocycles. The average Bonchev–Trinajstić information content (AvgIpc) is 3.22. The highest BCUT2D eigenvalue weighted by Gasteiger charge is 2.34. The fourth-order valence-corrected chi connectivity index (χ4v) is 4.96. The van der Waals surface area contributed by atoms with Crippen molar-refractivity contribution in [2.24, 2.45) is 0 Å². The van der Waals surface area contributed by atoms with Crippen LogP contribution < -0.4 is 4.90 Å². The Labute approximate surface area is 161 Å². The fraction of sp³-hybridized carbons (Fsp3) is 0.591. The Kier molecular flexibility index (Phi) is 5.62. The molecule has 2 aromatic rings. The van der Waals surface area contributed by atoms with Gasteiger partial charge < -0.3 is 15.1 Å². The van der Waals surface area contributed by atoms with E-state index in [1.165, 1.54) is 25.7 Å². The number of pyridine rings is 1. The molecule has 5 heteroatoms. The lowest BCUT2D eigenvalue weighted by Crippen LogP contribution is -2.56. The quantitative estimate of drug-likeness (QED) is 0.849. The third kappa shape index (κ3) is 3.68. The van der Waals surface area contributed by atoms with Crippen LogP contribution in [0.2, 0.25) is 0 Å². The number of hydrogen-bond donors (Lipinski definition) is 2. The minimum absolute atomic E-state index is 0.000277. The number of aliphatic hydroxyl groups excluding tert-OH is 2. The number of fused-ring (bicyclic) bond motifs is 1. The van der Waals surface area contributed by atoms with Crippen molar-refractivity contribution in [3.8, 4) is 0 Å². The van der Waals surface area contributed by atoms with E-state index in [4.69, 9.17) is 4.98 Å². The van der Waals surface area contributed by atoms with E-state index >= 15 is 0 Å². The molecule has 2 fully saturated rings. The maximum atomic E-state index is 9.95. The zero-order valence-electron chi connectivity index (χ0n) is 16.3. The number of aliphatic hydroxyl groups is 2. The first-order valence-electron chi connectivity index (χ1n) is 10.3. The van der Waals surface area contributed by atoms with E-state index in [9.17, 15) is 10.2 Å². The normalized spacial score (nSPS) is 22.0. The van der Waals surface area contributed by atoms with Crippen molar-refractivity contribution >= 4 is 16.7 Å². The van der Waals surface area contributed by atoms with Crippen LogP contribution in [0.3, 0.4) is 0 Å². The molecule has 2 N–H and O–H groups in total. The topological polar surface area (TPSA) is 59.8 Å².